The average Bonchev–Trinajstić information content (AvgIpc) is 2.59. The van der Waals surface area contributed by atoms with Crippen LogP contribution in [0.1, 0.15) is 49.3 Å². The van der Waals surface area contributed by atoms with Crippen molar-refractivity contribution in [1.82, 2.24) is 0 Å². The first kappa shape index (κ1) is 11.7. The standard InChI is InChI=1S/C15H22O/c1-4-13-6-5-7-15(13,16)14-9-11(2)8-12(3)10-14/h8-10,13,16H,4-7H2,1-3H3. The Morgan fingerprint density at radius 2 is 1.88 bits per heavy atom. The number of aryl methyl sites for hydroxylation is 2. The number of rotatable bonds is 2. The van der Waals surface area contributed by atoms with Gasteiger partial charge in [0.1, 0.15) is 0 Å². The van der Waals surface area contributed by atoms with Crippen molar-refractivity contribution in [3.8, 4) is 0 Å². The number of benzene rings is 1. The molecule has 2 unspecified atom stereocenters. The summed E-state index contributed by atoms with van der Waals surface area (Å²) in [5.74, 6) is 0.439. The third-order valence-corrected chi connectivity index (χ3v) is 4.00. The third-order valence-electron chi connectivity index (χ3n) is 4.00. The molecule has 1 fully saturated rings. The maximum atomic E-state index is 10.9. The zero-order chi connectivity index (χ0) is 11.8. The topological polar surface area (TPSA) is 20.2 Å². The van der Waals surface area contributed by atoms with Gasteiger partial charge in [-0.3, -0.25) is 0 Å². The first-order valence-corrected chi connectivity index (χ1v) is 6.37. The normalized spacial score (nSPS) is 29.6. The van der Waals surface area contributed by atoms with E-state index in [2.05, 4.69) is 39.0 Å². The Hall–Kier alpha value is -0.820. The molecule has 2 rings (SSSR count). The lowest BCUT2D eigenvalue weighted by Crippen LogP contribution is -2.30. The van der Waals surface area contributed by atoms with E-state index >= 15 is 0 Å². The van der Waals surface area contributed by atoms with E-state index < -0.39 is 5.60 Å². The molecule has 0 radical (unpaired) electrons. The van der Waals surface area contributed by atoms with Crippen LogP contribution in [0, 0.1) is 19.8 Å². The lowest BCUT2D eigenvalue weighted by molar-refractivity contribution is -0.00396. The van der Waals surface area contributed by atoms with Gasteiger partial charge in [-0.2, -0.15) is 0 Å². The summed E-state index contributed by atoms with van der Waals surface area (Å²) in [6, 6.07) is 6.48. The van der Waals surface area contributed by atoms with Gasteiger partial charge in [0.05, 0.1) is 5.60 Å². The third kappa shape index (κ3) is 1.89. The van der Waals surface area contributed by atoms with E-state index in [1.54, 1.807) is 0 Å². The summed E-state index contributed by atoms with van der Waals surface area (Å²) in [5, 5.41) is 10.9. The van der Waals surface area contributed by atoms with Crippen LogP contribution in [0.3, 0.4) is 0 Å². The van der Waals surface area contributed by atoms with Crippen molar-refractivity contribution in [1.29, 1.82) is 0 Å². The van der Waals surface area contributed by atoms with Crippen LogP contribution in [-0.4, -0.2) is 5.11 Å². The molecule has 0 aromatic heterocycles. The molecule has 16 heavy (non-hydrogen) atoms. The molecule has 1 heteroatoms. The van der Waals surface area contributed by atoms with E-state index in [9.17, 15) is 5.11 Å². The van der Waals surface area contributed by atoms with Crippen molar-refractivity contribution in [2.24, 2.45) is 5.92 Å². The van der Waals surface area contributed by atoms with Crippen LogP contribution in [0.5, 0.6) is 0 Å². The fourth-order valence-corrected chi connectivity index (χ4v) is 3.21. The quantitative estimate of drug-likeness (QED) is 0.802. The van der Waals surface area contributed by atoms with Gasteiger partial charge in [0.25, 0.3) is 0 Å². The Morgan fingerprint density at radius 3 is 2.44 bits per heavy atom. The van der Waals surface area contributed by atoms with Crippen molar-refractivity contribution in [3.05, 3.63) is 34.9 Å². The Kier molecular flexibility index (Phi) is 3.07. The minimum Gasteiger partial charge on any atom is -0.385 e. The minimum atomic E-state index is -0.564. The molecule has 2 atom stereocenters. The van der Waals surface area contributed by atoms with Gasteiger partial charge in [-0.25, -0.2) is 0 Å². The van der Waals surface area contributed by atoms with Crippen LogP contribution >= 0.6 is 0 Å². The summed E-state index contributed by atoms with van der Waals surface area (Å²) in [7, 11) is 0. The van der Waals surface area contributed by atoms with E-state index in [4.69, 9.17) is 0 Å². The molecule has 0 spiro atoms. The van der Waals surface area contributed by atoms with Crippen LogP contribution in [0.15, 0.2) is 18.2 Å². The van der Waals surface area contributed by atoms with E-state index in [1.807, 2.05) is 0 Å². The van der Waals surface area contributed by atoms with Gasteiger partial charge < -0.3 is 5.11 Å². The highest BCUT2D eigenvalue weighted by atomic mass is 16.3. The van der Waals surface area contributed by atoms with E-state index in [0.29, 0.717) is 5.92 Å². The molecular weight excluding hydrogens is 196 g/mol. The summed E-state index contributed by atoms with van der Waals surface area (Å²) in [4.78, 5) is 0. The zero-order valence-electron chi connectivity index (χ0n) is 10.6. The van der Waals surface area contributed by atoms with Crippen LogP contribution in [0.2, 0.25) is 0 Å². The monoisotopic (exact) mass is 218 g/mol. The van der Waals surface area contributed by atoms with Crippen molar-refractivity contribution >= 4 is 0 Å². The minimum absolute atomic E-state index is 0.439. The van der Waals surface area contributed by atoms with Crippen LogP contribution in [-0.2, 0) is 5.60 Å². The predicted molar refractivity (Wildman–Crippen MR) is 67.4 cm³/mol. The molecule has 1 aromatic rings. The molecule has 1 aliphatic carbocycles. The highest BCUT2D eigenvalue weighted by molar-refractivity contribution is 5.33. The molecule has 0 bridgehead atoms. The zero-order valence-corrected chi connectivity index (χ0v) is 10.6. The van der Waals surface area contributed by atoms with Gasteiger partial charge in [-0.1, -0.05) is 42.7 Å². The van der Waals surface area contributed by atoms with Crippen LogP contribution < -0.4 is 0 Å². The molecule has 1 saturated carbocycles. The molecule has 1 nitrogen and oxygen atoms in total. The van der Waals surface area contributed by atoms with Crippen molar-refractivity contribution in [3.63, 3.8) is 0 Å². The molecule has 1 N–H and O–H groups in total. The molecule has 0 amide bonds. The second-order valence-corrected chi connectivity index (χ2v) is 5.30. The van der Waals surface area contributed by atoms with Crippen molar-refractivity contribution in [2.75, 3.05) is 0 Å². The summed E-state index contributed by atoms with van der Waals surface area (Å²) < 4.78 is 0. The van der Waals surface area contributed by atoms with Gasteiger partial charge in [-0.15, -0.1) is 0 Å². The van der Waals surface area contributed by atoms with E-state index in [0.717, 1.165) is 24.8 Å². The van der Waals surface area contributed by atoms with Crippen LogP contribution in [0.25, 0.3) is 0 Å². The molecular formula is C15H22O. The molecule has 1 aliphatic rings. The first-order chi connectivity index (χ1) is 7.56. The van der Waals surface area contributed by atoms with Gasteiger partial charge in [0.2, 0.25) is 0 Å². The highest BCUT2D eigenvalue weighted by Gasteiger charge is 2.41. The van der Waals surface area contributed by atoms with E-state index in [1.165, 1.54) is 17.5 Å². The maximum Gasteiger partial charge on any atom is 0.0924 e. The number of aliphatic hydroxyl groups is 1. The lowest BCUT2D eigenvalue weighted by atomic mass is 9.81. The predicted octanol–water partition coefficient (Wildman–Crippen LogP) is 3.70. The molecule has 1 aromatic carbocycles. The first-order valence-electron chi connectivity index (χ1n) is 6.37. The Labute approximate surface area is 98.5 Å². The fourth-order valence-electron chi connectivity index (χ4n) is 3.21. The lowest BCUT2D eigenvalue weighted by Gasteiger charge is -2.30. The van der Waals surface area contributed by atoms with Gasteiger partial charge in [0, 0.05) is 0 Å². The Bertz CT molecular complexity index is 363. The van der Waals surface area contributed by atoms with Gasteiger partial charge in [0.15, 0.2) is 0 Å². The van der Waals surface area contributed by atoms with Crippen LogP contribution in [0.4, 0.5) is 0 Å². The number of hydrogen-bond donors (Lipinski definition) is 1. The molecule has 0 heterocycles. The van der Waals surface area contributed by atoms with E-state index in [-0.39, 0.29) is 0 Å². The van der Waals surface area contributed by atoms with Gasteiger partial charge >= 0.3 is 0 Å². The maximum absolute atomic E-state index is 10.9. The van der Waals surface area contributed by atoms with Gasteiger partial charge in [-0.05, 0) is 44.6 Å². The Morgan fingerprint density at radius 1 is 1.25 bits per heavy atom. The molecule has 0 aliphatic heterocycles. The Balaban J connectivity index is 2.41. The van der Waals surface area contributed by atoms with Crippen molar-refractivity contribution < 1.29 is 5.11 Å². The smallest absolute Gasteiger partial charge is 0.0924 e. The molecule has 88 valence electrons. The average molecular weight is 218 g/mol. The second-order valence-electron chi connectivity index (χ2n) is 5.30. The second kappa shape index (κ2) is 4.21. The summed E-state index contributed by atoms with van der Waals surface area (Å²) in [5.41, 5.74) is 3.08. The highest BCUT2D eigenvalue weighted by Crippen LogP contribution is 2.45. The van der Waals surface area contributed by atoms with Crippen molar-refractivity contribution in [2.45, 2.75) is 52.1 Å². The summed E-state index contributed by atoms with van der Waals surface area (Å²) >= 11 is 0. The number of hydrogen-bond acceptors (Lipinski definition) is 1. The summed E-state index contributed by atoms with van der Waals surface area (Å²) in [6.07, 6.45) is 4.32. The summed E-state index contributed by atoms with van der Waals surface area (Å²) in [6.45, 7) is 6.40. The molecule has 0 saturated heterocycles. The SMILES string of the molecule is CCC1CCCC1(O)c1cc(C)cc(C)c1. The largest absolute Gasteiger partial charge is 0.385 e. The fraction of sp³-hybridized carbons (Fsp3) is 0.600.